The lowest BCUT2D eigenvalue weighted by Crippen LogP contribution is -2.07. The highest BCUT2D eigenvalue weighted by Gasteiger charge is 2.38. The van der Waals surface area contributed by atoms with Crippen LogP contribution in [0.2, 0.25) is 0 Å². The summed E-state index contributed by atoms with van der Waals surface area (Å²) in [5, 5.41) is 2.97. The molecule has 0 aliphatic heterocycles. The van der Waals surface area contributed by atoms with Gasteiger partial charge in [0.1, 0.15) is 5.82 Å². The predicted octanol–water partition coefficient (Wildman–Crippen LogP) is 6.47. The first-order valence-electron chi connectivity index (χ1n) is 6.69. The molecule has 124 valence electrons. The second-order valence-electron chi connectivity index (χ2n) is 4.83. The molecule has 0 saturated heterocycles. The van der Waals surface area contributed by atoms with Crippen LogP contribution in [0.5, 0.6) is 0 Å². The van der Waals surface area contributed by atoms with Gasteiger partial charge in [-0.05, 0) is 42.0 Å². The molecule has 0 fully saturated rings. The second-order valence-corrected chi connectivity index (χ2v) is 6.75. The van der Waals surface area contributed by atoms with Crippen LogP contribution in [0.1, 0.15) is 5.69 Å². The number of nitrogens with zero attached hydrogens (tertiary/aromatic N) is 1. The van der Waals surface area contributed by atoms with Gasteiger partial charge in [0.25, 0.3) is 0 Å². The van der Waals surface area contributed by atoms with E-state index in [9.17, 15) is 17.6 Å². The normalized spacial score (nSPS) is 11.5. The maximum absolute atomic E-state index is 13.3. The van der Waals surface area contributed by atoms with Crippen molar-refractivity contribution in [3.05, 3.63) is 64.5 Å². The fourth-order valence-corrected chi connectivity index (χ4v) is 3.29. The van der Waals surface area contributed by atoms with Gasteiger partial charge in [0.2, 0.25) is 0 Å². The summed E-state index contributed by atoms with van der Waals surface area (Å²) in [6, 6.07) is 11.8. The molecule has 0 amide bonds. The predicted molar refractivity (Wildman–Crippen MR) is 89.9 cm³/mol. The van der Waals surface area contributed by atoms with Crippen LogP contribution in [0.15, 0.2) is 53.0 Å². The van der Waals surface area contributed by atoms with E-state index in [4.69, 9.17) is 0 Å². The summed E-state index contributed by atoms with van der Waals surface area (Å²) in [4.78, 5) is 3.62. The van der Waals surface area contributed by atoms with Gasteiger partial charge in [-0.25, -0.2) is 9.37 Å². The Morgan fingerprint density at radius 1 is 0.958 bits per heavy atom. The average Bonchev–Trinajstić information content (AvgIpc) is 2.94. The van der Waals surface area contributed by atoms with E-state index < -0.39 is 17.7 Å². The fourth-order valence-electron chi connectivity index (χ4n) is 2.02. The minimum Gasteiger partial charge on any atom is -0.332 e. The molecule has 2 nitrogen and oxygen atoms in total. The largest absolute Gasteiger partial charge is 0.434 e. The Morgan fingerprint density at radius 2 is 1.58 bits per heavy atom. The lowest BCUT2D eigenvalue weighted by atomic mass is 10.1. The second kappa shape index (κ2) is 6.52. The molecule has 0 atom stereocenters. The zero-order chi connectivity index (χ0) is 17.3. The van der Waals surface area contributed by atoms with Crippen molar-refractivity contribution < 1.29 is 17.6 Å². The fraction of sp³-hybridized carbons (Fsp3) is 0.0625. The molecule has 3 aromatic rings. The van der Waals surface area contributed by atoms with Crippen LogP contribution < -0.4 is 5.32 Å². The SMILES string of the molecule is Fc1ccc(-c2sc(Nc3ccc(Br)cc3)nc2C(F)(F)F)cc1. The van der Waals surface area contributed by atoms with E-state index in [-0.39, 0.29) is 15.6 Å². The van der Waals surface area contributed by atoms with Gasteiger partial charge in [-0.3, -0.25) is 0 Å². The Hall–Kier alpha value is -1.93. The molecule has 0 saturated carbocycles. The number of benzene rings is 2. The van der Waals surface area contributed by atoms with Gasteiger partial charge < -0.3 is 5.32 Å². The Kier molecular flexibility index (Phi) is 4.60. The Bertz CT molecular complexity index is 842. The zero-order valence-electron chi connectivity index (χ0n) is 11.9. The highest BCUT2D eigenvalue weighted by atomic mass is 79.9. The van der Waals surface area contributed by atoms with E-state index in [1.807, 2.05) is 0 Å². The molecule has 0 unspecified atom stereocenters. The van der Waals surface area contributed by atoms with Crippen LogP contribution >= 0.6 is 27.3 Å². The summed E-state index contributed by atoms with van der Waals surface area (Å²) < 4.78 is 53.6. The smallest absolute Gasteiger partial charge is 0.332 e. The third-order valence-corrected chi connectivity index (χ3v) is 4.65. The highest BCUT2D eigenvalue weighted by molar-refractivity contribution is 9.10. The maximum atomic E-state index is 13.3. The Morgan fingerprint density at radius 3 is 2.17 bits per heavy atom. The van der Waals surface area contributed by atoms with E-state index in [2.05, 4.69) is 26.2 Å². The van der Waals surface area contributed by atoms with Gasteiger partial charge >= 0.3 is 6.18 Å². The minimum atomic E-state index is -4.60. The van der Waals surface area contributed by atoms with E-state index in [0.717, 1.165) is 27.9 Å². The Labute approximate surface area is 147 Å². The van der Waals surface area contributed by atoms with E-state index in [1.165, 1.54) is 12.1 Å². The number of alkyl halides is 3. The first kappa shape index (κ1) is 16.9. The molecular formula is C16H9BrF4N2S. The molecule has 2 aromatic carbocycles. The molecule has 0 aliphatic rings. The lowest BCUT2D eigenvalue weighted by Gasteiger charge is -2.05. The van der Waals surface area contributed by atoms with Gasteiger partial charge in [-0.15, -0.1) is 0 Å². The van der Waals surface area contributed by atoms with E-state index >= 15 is 0 Å². The minimum absolute atomic E-state index is 0.0536. The molecule has 24 heavy (non-hydrogen) atoms. The van der Waals surface area contributed by atoms with Crippen LogP contribution in [0.25, 0.3) is 10.4 Å². The van der Waals surface area contributed by atoms with Gasteiger partial charge in [0, 0.05) is 10.2 Å². The highest BCUT2D eigenvalue weighted by Crippen LogP contribution is 2.42. The van der Waals surface area contributed by atoms with Gasteiger partial charge in [0.05, 0.1) is 4.88 Å². The molecule has 1 aromatic heterocycles. The molecule has 0 aliphatic carbocycles. The maximum Gasteiger partial charge on any atom is 0.434 e. The lowest BCUT2D eigenvalue weighted by molar-refractivity contribution is -0.140. The number of aromatic nitrogens is 1. The number of thiazole rings is 1. The molecule has 1 N–H and O–H groups in total. The van der Waals surface area contributed by atoms with Crippen LogP contribution in [0.4, 0.5) is 28.4 Å². The first-order chi connectivity index (χ1) is 11.3. The van der Waals surface area contributed by atoms with Gasteiger partial charge in [0.15, 0.2) is 10.8 Å². The van der Waals surface area contributed by atoms with Gasteiger partial charge in [-0.2, -0.15) is 13.2 Å². The van der Waals surface area contributed by atoms with Crippen LogP contribution in [0.3, 0.4) is 0 Å². The molecule has 1 heterocycles. The van der Waals surface area contributed by atoms with E-state index in [0.29, 0.717) is 5.69 Å². The quantitative estimate of drug-likeness (QED) is 0.494. The number of anilines is 2. The summed E-state index contributed by atoms with van der Waals surface area (Å²) in [5.41, 5.74) is -0.102. The number of hydrogen-bond donors (Lipinski definition) is 1. The van der Waals surface area contributed by atoms with Crippen molar-refractivity contribution in [2.75, 3.05) is 5.32 Å². The number of halogens is 5. The van der Waals surface area contributed by atoms with Crippen molar-refractivity contribution in [2.45, 2.75) is 6.18 Å². The summed E-state index contributed by atoms with van der Waals surface area (Å²) in [6.07, 6.45) is -4.60. The number of nitrogens with one attached hydrogen (secondary N) is 1. The van der Waals surface area contributed by atoms with Crippen LogP contribution in [-0.4, -0.2) is 4.98 Å². The van der Waals surface area contributed by atoms with Crippen molar-refractivity contribution in [3.8, 4) is 10.4 Å². The topological polar surface area (TPSA) is 24.9 Å². The monoisotopic (exact) mass is 416 g/mol. The summed E-state index contributed by atoms with van der Waals surface area (Å²) in [5.74, 6) is -0.509. The average molecular weight is 417 g/mol. The van der Waals surface area contributed by atoms with E-state index in [1.54, 1.807) is 24.3 Å². The number of hydrogen-bond acceptors (Lipinski definition) is 3. The van der Waals surface area contributed by atoms with Crippen molar-refractivity contribution >= 4 is 38.1 Å². The zero-order valence-corrected chi connectivity index (χ0v) is 14.3. The van der Waals surface area contributed by atoms with Crippen LogP contribution in [0, 0.1) is 5.82 Å². The number of rotatable bonds is 3. The molecule has 0 spiro atoms. The summed E-state index contributed by atoms with van der Waals surface area (Å²) >= 11 is 4.16. The van der Waals surface area contributed by atoms with Crippen molar-refractivity contribution in [3.63, 3.8) is 0 Å². The standard InChI is InChI=1S/C16H9BrF4N2S/c17-10-3-7-12(8-4-10)22-15-23-14(16(19,20)21)13(24-15)9-1-5-11(18)6-2-9/h1-8H,(H,22,23). The molecule has 0 radical (unpaired) electrons. The molecule has 0 bridgehead atoms. The molecule has 8 heteroatoms. The molecular weight excluding hydrogens is 408 g/mol. The van der Waals surface area contributed by atoms with Gasteiger partial charge in [-0.1, -0.05) is 39.4 Å². The first-order valence-corrected chi connectivity index (χ1v) is 8.30. The summed E-state index contributed by atoms with van der Waals surface area (Å²) in [6.45, 7) is 0. The third-order valence-electron chi connectivity index (χ3n) is 3.10. The summed E-state index contributed by atoms with van der Waals surface area (Å²) in [7, 11) is 0. The third kappa shape index (κ3) is 3.76. The Balaban J connectivity index is 2.00. The van der Waals surface area contributed by atoms with Crippen molar-refractivity contribution in [1.29, 1.82) is 0 Å². The van der Waals surface area contributed by atoms with Crippen molar-refractivity contribution in [2.24, 2.45) is 0 Å². The van der Waals surface area contributed by atoms with Crippen LogP contribution in [-0.2, 0) is 6.18 Å². The van der Waals surface area contributed by atoms with Crippen molar-refractivity contribution in [1.82, 2.24) is 4.98 Å². The molecule has 3 rings (SSSR count).